The number of rotatable bonds is 4. The molecule has 1 aliphatic heterocycles. The Morgan fingerprint density at radius 1 is 1.11 bits per heavy atom. The van der Waals surface area contributed by atoms with Crippen molar-refractivity contribution in [1.29, 1.82) is 0 Å². The van der Waals surface area contributed by atoms with Crippen LogP contribution in [-0.2, 0) is 4.79 Å². The van der Waals surface area contributed by atoms with Gasteiger partial charge in [-0.2, -0.15) is 0 Å². The first-order chi connectivity index (χ1) is 13.0. The van der Waals surface area contributed by atoms with Crippen LogP contribution in [0.1, 0.15) is 36.6 Å². The van der Waals surface area contributed by atoms with E-state index in [0.29, 0.717) is 6.42 Å². The first-order valence-corrected chi connectivity index (χ1v) is 9.83. The number of anilines is 1. The second kappa shape index (κ2) is 7.16. The molecule has 3 aromatic rings. The molecule has 3 nitrogen and oxygen atoms in total. The molecule has 0 radical (unpaired) electrons. The standard InChI is InChI=1S/C22H20FNO2S/c1-13(2)26-17-9-5-14(6-10-17)18-11-20(25)24-21-19(12-27-22(18)21)15-3-7-16(23)8-4-15/h3-10,12-13,18H,11H2,1-2H3,(H,24,25)/t18-/m0/s1. The SMILES string of the molecule is CC(C)Oc1ccc([C@@H]2CC(=O)Nc3c(-c4ccc(F)cc4)csc32)cc1. The Hall–Kier alpha value is -2.66. The largest absolute Gasteiger partial charge is 0.491 e. The van der Waals surface area contributed by atoms with E-state index in [0.717, 1.165) is 33.0 Å². The lowest BCUT2D eigenvalue weighted by atomic mass is 9.89. The van der Waals surface area contributed by atoms with Crippen molar-refractivity contribution in [2.45, 2.75) is 32.3 Å². The average molecular weight is 381 g/mol. The third-order valence-electron chi connectivity index (χ3n) is 4.60. The number of carbonyl (C=O) groups excluding carboxylic acids is 1. The van der Waals surface area contributed by atoms with Crippen molar-refractivity contribution < 1.29 is 13.9 Å². The molecule has 0 saturated carbocycles. The van der Waals surface area contributed by atoms with Crippen LogP contribution in [0, 0.1) is 5.82 Å². The van der Waals surface area contributed by atoms with Gasteiger partial charge in [0, 0.05) is 28.2 Å². The summed E-state index contributed by atoms with van der Waals surface area (Å²) >= 11 is 1.63. The summed E-state index contributed by atoms with van der Waals surface area (Å²) in [6.07, 6.45) is 0.541. The topological polar surface area (TPSA) is 38.3 Å². The van der Waals surface area contributed by atoms with Gasteiger partial charge in [0.2, 0.25) is 5.91 Å². The minimum atomic E-state index is -0.270. The molecule has 1 atom stereocenters. The Labute approximate surface area is 161 Å². The zero-order valence-corrected chi connectivity index (χ0v) is 16.0. The number of ether oxygens (including phenoxy) is 1. The molecule has 0 bridgehead atoms. The van der Waals surface area contributed by atoms with Crippen LogP contribution in [0.15, 0.2) is 53.9 Å². The highest BCUT2D eigenvalue weighted by Gasteiger charge is 2.30. The Morgan fingerprint density at radius 3 is 2.48 bits per heavy atom. The van der Waals surface area contributed by atoms with E-state index >= 15 is 0 Å². The van der Waals surface area contributed by atoms with Crippen molar-refractivity contribution in [3.8, 4) is 16.9 Å². The quantitative estimate of drug-likeness (QED) is 0.619. The average Bonchev–Trinajstić information content (AvgIpc) is 3.05. The number of nitrogens with one attached hydrogen (secondary N) is 1. The zero-order valence-electron chi connectivity index (χ0n) is 15.2. The molecule has 1 amide bonds. The fourth-order valence-electron chi connectivity index (χ4n) is 3.39. The van der Waals surface area contributed by atoms with Gasteiger partial charge < -0.3 is 10.1 Å². The Kier molecular flexibility index (Phi) is 4.70. The van der Waals surface area contributed by atoms with Gasteiger partial charge in [0.25, 0.3) is 0 Å². The van der Waals surface area contributed by atoms with Crippen LogP contribution in [0.4, 0.5) is 10.1 Å². The number of benzene rings is 2. The van der Waals surface area contributed by atoms with Crippen molar-refractivity contribution in [2.75, 3.05) is 5.32 Å². The van der Waals surface area contributed by atoms with Gasteiger partial charge in [-0.1, -0.05) is 24.3 Å². The van der Waals surface area contributed by atoms with Crippen molar-refractivity contribution >= 4 is 22.9 Å². The van der Waals surface area contributed by atoms with Gasteiger partial charge in [-0.3, -0.25) is 4.79 Å². The summed E-state index contributed by atoms with van der Waals surface area (Å²) in [6.45, 7) is 3.99. The molecule has 0 fully saturated rings. The maximum absolute atomic E-state index is 13.2. The highest BCUT2D eigenvalue weighted by Crippen LogP contribution is 2.46. The Morgan fingerprint density at radius 2 is 1.81 bits per heavy atom. The molecule has 1 aliphatic rings. The van der Waals surface area contributed by atoms with Gasteiger partial charge in [-0.05, 0) is 49.2 Å². The number of carbonyl (C=O) groups is 1. The number of hydrogen-bond donors (Lipinski definition) is 1. The smallest absolute Gasteiger partial charge is 0.225 e. The third-order valence-corrected chi connectivity index (χ3v) is 5.70. The number of thiophene rings is 1. The molecule has 27 heavy (non-hydrogen) atoms. The molecule has 2 aromatic carbocycles. The van der Waals surface area contributed by atoms with Crippen molar-refractivity contribution in [1.82, 2.24) is 0 Å². The van der Waals surface area contributed by atoms with Gasteiger partial charge in [-0.15, -0.1) is 11.3 Å². The molecule has 1 N–H and O–H groups in total. The highest BCUT2D eigenvalue weighted by molar-refractivity contribution is 7.11. The summed E-state index contributed by atoms with van der Waals surface area (Å²) in [7, 11) is 0. The van der Waals surface area contributed by atoms with E-state index in [4.69, 9.17) is 4.74 Å². The van der Waals surface area contributed by atoms with Crippen LogP contribution in [-0.4, -0.2) is 12.0 Å². The zero-order chi connectivity index (χ0) is 19.0. The number of amides is 1. The van der Waals surface area contributed by atoms with Crippen molar-refractivity contribution in [3.63, 3.8) is 0 Å². The van der Waals surface area contributed by atoms with Gasteiger partial charge >= 0.3 is 0 Å². The van der Waals surface area contributed by atoms with Gasteiger partial charge in [-0.25, -0.2) is 4.39 Å². The van der Waals surface area contributed by atoms with Crippen molar-refractivity contribution in [3.05, 3.63) is 70.2 Å². The van der Waals surface area contributed by atoms with E-state index in [1.54, 1.807) is 23.5 Å². The first kappa shape index (κ1) is 17.7. The third kappa shape index (κ3) is 3.60. The molecule has 0 aliphatic carbocycles. The molecule has 0 spiro atoms. The molecule has 138 valence electrons. The number of fused-ring (bicyclic) bond motifs is 1. The van der Waals surface area contributed by atoms with Crippen LogP contribution in [0.3, 0.4) is 0 Å². The first-order valence-electron chi connectivity index (χ1n) is 8.95. The summed E-state index contributed by atoms with van der Waals surface area (Å²) in [4.78, 5) is 13.5. The van der Waals surface area contributed by atoms with Gasteiger partial charge in [0.05, 0.1) is 11.8 Å². The van der Waals surface area contributed by atoms with E-state index < -0.39 is 0 Å². The lowest BCUT2D eigenvalue weighted by molar-refractivity contribution is -0.116. The summed E-state index contributed by atoms with van der Waals surface area (Å²) in [5.74, 6) is 0.568. The molecule has 1 aromatic heterocycles. The predicted octanol–water partition coefficient (Wildman–Crippen LogP) is 5.82. The lowest BCUT2D eigenvalue weighted by Crippen LogP contribution is -2.22. The normalized spacial score (nSPS) is 16.1. The van der Waals surface area contributed by atoms with E-state index in [1.165, 1.54) is 12.1 Å². The van der Waals surface area contributed by atoms with E-state index in [1.807, 2.05) is 43.5 Å². The second-order valence-corrected chi connectivity index (χ2v) is 7.85. The Balaban J connectivity index is 1.69. The number of halogens is 1. The molecule has 5 heteroatoms. The van der Waals surface area contributed by atoms with Crippen LogP contribution in [0.5, 0.6) is 5.75 Å². The van der Waals surface area contributed by atoms with E-state index in [-0.39, 0.29) is 23.7 Å². The molecule has 0 unspecified atom stereocenters. The van der Waals surface area contributed by atoms with Crippen LogP contribution in [0.2, 0.25) is 0 Å². The van der Waals surface area contributed by atoms with Gasteiger partial charge in [0.1, 0.15) is 11.6 Å². The van der Waals surface area contributed by atoms with Crippen molar-refractivity contribution in [2.24, 2.45) is 0 Å². The summed E-state index contributed by atoms with van der Waals surface area (Å²) in [6, 6.07) is 14.3. The van der Waals surface area contributed by atoms with Crippen LogP contribution >= 0.6 is 11.3 Å². The maximum Gasteiger partial charge on any atom is 0.225 e. The molecular weight excluding hydrogens is 361 g/mol. The van der Waals surface area contributed by atoms with E-state index in [2.05, 4.69) is 5.32 Å². The minimum Gasteiger partial charge on any atom is -0.491 e. The fraction of sp³-hybridized carbons (Fsp3) is 0.227. The van der Waals surface area contributed by atoms with Crippen LogP contribution in [0.25, 0.3) is 11.1 Å². The van der Waals surface area contributed by atoms with Gasteiger partial charge in [0.15, 0.2) is 0 Å². The fourth-order valence-corrected chi connectivity index (χ4v) is 4.55. The molecule has 2 heterocycles. The monoisotopic (exact) mass is 381 g/mol. The van der Waals surface area contributed by atoms with Crippen LogP contribution < -0.4 is 10.1 Å². The molecule has 4 rings (SSSR count). The maximum atomic E-state index is 13.2. The lowest BCUT2D eigenvalue weighted by Gasteiger charge is -2.24. The summed E-state index contributed by atoms with van der Waals surface area (Å²) < 4.78 is 19.0. The second-order valence-electron chi connectivity index (χ2n) is 6.94. The summed E-state index contributed by atoms with van der Waals surface area (Å²) in [5, 5.41) is 5.05. The van der Waals surface area contributed by atoms with E-state index in [9.17, 15) is 9.18 Å². The summed E-state index contributed by atoms with van der Waals surface area (Å²) in [5.41, 5.74) is 3.77. The minimum absolute atomic E-state index is 0.00299. The highest BCUT2D eigenvalue weighted by atomic mass is 32.1. The predicted molar refractivity (Wildman–Crippen MR) is 107 cm³/mol. The Bertz CT molecular complexity index is 961. The molecule has 0 saturated heterocycles. The molecular formula is C22H20FNO2S. The number of hydrogen-bond acceptors (Lipinski definition) is 3.